The lowest BCUT2D eigenvalue weighted by molar-refractivity contribution is 0.0941. The molecule has 0 unspecified atom stereocenters. The van der Waals surface area contributed by atoms with Crippen molar-refractivity contribution in [3.8, 4) is 5.69 Å². The van der Waals surface area contributed by atoms with Crippen molar-refractivity contribution in [1.82, 2.24) is 15.1 Å². The fraction of sp³-hybridized carbons (Fsp3) is 0.412. The summed E-state index contributed by atoms with van der Waals surface area (Å²) in [6, 6.07) is 7.80. The molecule has 0 fully saturated rings. The zero-order chi connectivity index (χ0) is 17.0. The number of carbonyl (C=O) groups excluding carboxylic acids is 1. The van der Waals surface area contributed by atoms with E-state index in [1.807, 2.05) is 45.0 Å². The topological polar surface area (TPSA) is 72.9 Å². The van der Waals surface area contributed by atoms with E-state index in [1.54, 1.807) is 10.9 Å². The Kier molecular flexibility index (Phi) is 5.59. The molecule has 0 spiro atoms. The Morgan fingerprint density at radius 3 is 2.70 bits per heavy atom. The maximum Gasteiger partial charge on any atom is 0.254 e. The molecule has 0 atom stereocenters. The van der Waals surface area contributed by atoms with E-state index in [9.17, 15) is 4.79 Å². The second-order valence-electron chi connectivity index (χ2n) is 5.79. The van der Waals surface area contributed by atoms with E-state index < -0.39 is 0 Å². The third-order valence-corrected chi connectivity index (χ3v) is 4.81. The molecule has 5 nitrogen and oxygen atoms in total. The van der Waals surface area contributed by atoms with E-state index in [0.29, 0.717) is 12.1 Å². The molecule has 0 aliphatic carbocycles. The van der Waals surface area contributed by atoms with Gasteiger partial charge in [0, 0.05) is 16.6 Å². The smallest absolute Gasteiger partial charge is 0.254 e. The Labute approximate surface area is 145 Å². The van der Waals surface area contributed by atoms with Gasteiger partial charge in [0.25, 0.3) is 5.91 Å². The van der Waals surface area contributed by atoms with Crippen molar-refractivity contribution in [2.75, 3.05) is 6.54 Å². The fourth-order valence-electron chi connectivity index (χ4n) is 2.35. The predicted molar refractivity (Wildman–Crippen MR) is 95.8 cm³/mol. The first-order chi connectivity index (χ1) is 10.9. The monoisotopic (exact) mass is 378 g/mol. The van der Waals surface area contributed by atoms with Crippen LogP contribution in [-0.4, -0.2) is 27.8 Å². The zero-order valence-corrected chi connectivity index (χ0v) is 15.4. The van der Waals surface area contributed by atoms with Crippen LogP contribution < -0.4 is 11.1 Å². The van der Waals surface area contributed by atoms with Gasteiger partial charge in [-0.2, -0.15) is 5.10 Å². The van der Waals surface area contributed by atoms with Gasteiger partial charge in [0.1, 0.15) is 0 Å². The van der Waals surface area contributed by atoms with Crippen molar-refractivity contribution in [3.63, 3.8) is 0 Å². The van der Waals surface area contributed by atoms with Gasteiger partial charge in [-0.25, -0.2) is 4.68 Å². The van der Waals surface area contributed by atoms with Gasteiger partial charge in [0.2, 0.25) is 0 Å². The Hall–Kier alpha value is -1.66. The highest BCUT2D eigenvalue weighted by atomic mass is 79.9. The van der Waals surface area contributed by atoms with Gasteiger partial charge >= 0.3 is 0 Å². The van der Waals surface area contributed by atoms with Crippen LogP contribution in [0.2, 0.25) is 0 Å². The molecule has 0 radical (unpaired) electrons. The third-order valence-electron chi connectivity index (χ3n) is 4.32. The first-order valence-corrected chi connectivity index (χ1v) is 8.57. The number of hydrogen-bond acceptors (Lipinski definition) is 3. The summed E-state index contributed by atoms with van der Waals surface area (Å²) in [6.45, 7) is 6.41. The van der Waals surface area contributed by atoms with Crippen molar-refractivity contribution in [2.24, 2.45) is 5.73 Å². The summed E-state index contributed by atoms with van der Waals surface area (Å²) in [5.41, 5.74) is 8.16. The second-order valence-corrected chi connectivity index (χ2v) is 6.70. The number of halogens is 1. The van der Waals surface area contributed by atoms with Crippen molar-refractivity contribution in [1.29, 1.82) is 0 Å². The molecule has 1 amide bonds. The fourth-order valence-corrected chi connectivity index (χ4v) is 2.74. The van der Waals surface area contributed by atoms with Crippen LogP contribution in [0.3, 0.4) is 0 Å². The quantitative estimate of drug-likeness (QED) is 0.810. The summed E-state index contributed by atoms with van der Waals surface area (Å²) in [5.74, 6) is -0.138. The number of carbonyl (C=O) groups is 1. The van der Waals surface area contributed by atoms with Gasteiger partial charge in [-0.05, 0) is 38.0 Å². The highest BCUT2D eigenvalue weighted by Crippen LogP contribution is 2.18. The first kappa shape index (κ1) is 17.7. The molecule has 3 N–H and O–H groups in total. The highest BCUT2D eigenvalue weighted by Gasteiger charge is 2.22. The average molecular weight is 379 g/mol. The molecule has 0 aliphatic rings. The van der Waals surface area contributed by atoms with Crippen molar-refractivity contribution < 1.29 is 4.79 Å². The molecule has 1 aromatic heterocycles. The summed E-state index contributed by atoms with van der Waals surface area (Å²) < 4.78 is 2.73. The summed E-state index contributed by atoms with van der Waals surface area (Å²) in [5, 5.41) is 7.27. The lowest BCUT2D eigenvalue weighted by Crippen LogP contribution is -2.49. The zero-order valence-electron chi connectivity index (χ0n) is 13.8. The number of amides is 1. The van der Waals surface area contributed by atoms with Crippen LogP contribution in [0.4, 0.5) is 0 Å². The van der Waals surface area contributed by atoms with Crippen molar-refractivity contribution >= 4 is 21.8 Å². The third kappa shape index (κ3) is 4.00. The van der Waals surface area contributed by atoms with Crippen molar-refractivity contribution in [3.05, 3.63) is 46.2 Å². The summed E-state index contributed by atoms with van der Waals surface area (Å²) in [4.78, 5) is 12.4. The number of benzene rings is 1. The summed E-state index contributed by atoms with van der Waals surface area (Å²) in [6.07, 6.45) is 3.24. The SMILES string of the molecule is CCC(N)(CC)CNC(=O)c1cnn(-c2cccc(Br)c2)c1C. The Morgan fingerprint density at radius 1 is 1.39 bits per heavy atom. The summed E-state index contributed by atoms with van der Waals surface area (Å²) in [7, 11) is 0. The average Bonchev–Trinajstić information content (AvgIpc) is 2.94. The molecule has 6 heteroatoms. The molecular formula is C17H23BrN4O. The van der Waals surface area contributed by atoms with Crippen LogP contribution in [-0.2, 0) is 0 Å². The van der Waals surface area contributed by atoms with E-state index in [4.69, 9.17) is 5.73 Å². The van der Waals surface area contributed by atoms with E-state index >= 15 is 0 Å². The van der Waals surface area contributed by atoms with E-state index in [0.717, 1.165) is 28.7 Å². The molecule has 0 bridgehead atoms. The van der Waals surface area contributed by atoms with Crippen LogP contribution in [0.1, 0.15) is 42.7 Å². The molecular weight excluding hydrogens is 356 g/mol. The van der Waals surface area contributed by atoms with Gasteiger partial charge in [-0.3, -0.25) is 4.79 Å². The molecule has 1 heterocycles. The Morgan fingerprint density at radius 2 is 2.09 bits per heavy atom. The van der Waals surface area contributed by atoms with Crippen LogP contribution in [0, 0.1) is 6.92 Å². The minimum Gasteiger partial charge on any atom is -0.350 e. The second kappa shape index (κ2) is 7.27. The largest absolute Gasteiger partial charge is 0.350 e. The lowest BCUT2D eigenvalue weighted by atomic mass is 9.94. The minimum atomic E-state index is -0.357. The maximum absolute atomic E-state index is 12.4. The molecule has 2 aromatic rings. The van der Waals surface area contributed by atoms with E-state index in [-0.39, 0.29) is 11.4 Å². The molecule has 0 aliphatic heterocycles. The van der Waals surface area contributed by atoms with Crippen molar-refractivity contribution in [2.45, 2.75) is 39.2 Å². The number of aromatic nitrogens is 2. The Bertz CT molecular complexity index is 692. The lowest BCUT2D eigenvalue weighted by Gasteiger charge is -2.26. The van der Waals surface area contributed by atoms with E-state index in [1.165, 1.54) is 0 Å². The minimum absolute atomic E-state index is 0.138. The number of nitrogens with zero attached hydrogens (tertiary/aromatic N) is 2. The molecule has 0 saturated carbocycles. The first-order valence-electron chi connectivity index (χ1n) is 7.78. The number of hydrogen-bond donors (Lipinski definition) is 2. The van der Waals surface area contributed by atoms with Gasteiger partial charge < -0.3 is 11.1 Å². The van der Waals surface area contributed by atoms with Gasteiger partial charge in [-0.15, -0.1) is 0 Å². The van der Waals surface area contributed by atoms with E-state index in [2.05, 4.69) is 26.3 Å². The van der Waals surface area contributed by atoms with Gasteiger partial charge in [0.05, 0.1) is 23.1 Å². The van der Waals surface area contributed by atoms with Gasteiger partial charge in [-0.1, -0.05) is 35.8 Å². The molecule has 124 valence electrons. The number of nitrogens with one attached hydrogen (secondary N) is 1. The van der Waals surface area contributed by atoms with Crippen LogP contribution in [0.5, 0.6) is 0 Å². The van der Waals surface area contributed by atoms with Crippen LogP contribution in [0.25, 0.3) is 5.69 Å². The van der Waals surface area contributed by atoms with Gasteiger partial charge in [0.15, 0.2) is 0 Å². The molecule has 1 aromatic carbocycles. The van der Waals surface area contributed by atoms with Crippen LogP contribution in [0.15, 0.2) is 34.9 Å². The predicted octanol–water partition coefficient (Wildman–Crippen LogP) is 3.19. The standard InChI is InChI=1S/C17H23BrN4O/c1-4-17(19,5-2)11-20-16(23)15-10-21-22(12(15)3)14-8-6-7-13(18)9-14/h6-10H,4-5,11,19H2,1-3H3,(H,20,23). The summed E-state index contributed by atoms with van der Waals surface area (Å²) >= 11 is 3.45. The highest BCUT2D eigenvalue weighted by molar-refractivity contribution is 9.10. The molecule has 2 rings (SSSR count). The van der Waals surface area contributed by atoms with Crippen LogP contribution >= 0.6 is 15.9 Å². The molecule has 23 heavy (non-hydrogen) atoms. The molecule has 0 saturated heterocycles. The maximum atomic E-state index is 12.4. The Balaban J connectivity index is 2.17. The number of rotatable bonds is 6. The number of nitrogens with two attached hydrogens (primary N) is 1. The normalized spacial score (nSPS) is 11.5.